The van der Waals surface area contributed by atoms with Crippen molar-refractivity contribution in [2.75, 3.05) is 6.54 Å². The lowest BCUT2D eigenvalue weighted by Crippen LogP contribution is -2.40. The van der Waals surface area contributed by atoms with Gasteiger partial charge in [0.05, 0.1) is 13.0 Å². The Morgan fingerprint density at radius 3 is 2.55 bits per heavy atom. The van der Waals surface area contributed by atoms with Gasteiger partial charge < -0.3 is 9.47 Å². The van der Waals surface area contributed by atoms with Gasteiger partial charge in [0.25, 0.3) is 0 Å². The first-order chi connectivity index (χ1) is 10.2. The van der Waals surface area contributed by atoms with Gasteiger partial charge in [0.15, 0.2) is 5.82 Å². The van der Waals surface area contributed by atoms with Gasteiger partial charge >= 0.3 is 6.18 Å². The van der Waals surface area contributed by atoms with Crippen LogP contribution in [-0.4, -0.2) is 37.9 Å². The summed E-state index contributed by atoms with van der Waals surface area (Å²) in [5.74, 6) is -1.70. The van der Waals surface area contributed by atoms with Crippen molar-refractivity contribution in [3.05, 3.63) is 11.6 Å². The maximum atomic E-state index is 12.7. The quantitative estimate of drug-likeness (QED) is 0.792. The molecule has 0 N–H and O–H groups in total. The number of Topliss-reactive ketones (excluding diaryl/α,β-unsaturated/α-hetero) is 1. The van der Waals surface area contributed by atoms with Gasteiger partial charge in [0, 0.05) is 19.0 Å². The summed E-state index contributed by atoms with van der Waals surface area (Å²) in [6.45, 7) is 3.63. The number of rotatable bonds is 4. The van der Waals surface area contributed by atoms with Crippen LogP contribution in [0, 0.1) is 5.92 Å². The maximum absolute atomic E-state index is 12.7. The molecule has 0 aromatic carbocycles. The zero-order valence-corrected chi connectivity index (χ0v) is 12.4. The Bertz CT molecular complexity index is 582. The predicted octanol–water partition coefficient (Wildman–Crippen LogP) is 1.64. The molecular weight excluding hydrogens is 301 g/mol. The van der Waals surface area contributed by atoms with E-state index in [1.807, 2.05) is 6.92 Å². The van der Waals surface area contributed by atoms with E-state index in [1.165, 1.54) is 4.90 Å². The van der Waals surface area contributed by atoms with Gasteiger partial charge in [-0.05, 0) is 6.42 Å². The second kappa shape index (κ2) is 6.05. The number of carbonyl (C=O) groups is 2. The number of hydrogen-bond donors (Lipinski definition) is 0. The largest absolute Gasteiger partial charge is 0.451 e. The lowest BCUT2D eigenvalue weighted by Gasteiger charge is -2.28. The van der Waals surface area contributed by atoms with Gasteiger partial charge in [0.2, 0.25) is 11.7 Å². The number of hydrogen-bond acceptors (Lipinski definition) is 4. The van der Waals surface area contributed by atoms with E-state index in [0.29, 0.717) is 6.42 Å². The van der Waals surface area contributed by atoms with E-state index in [9.17, 15) is 22.8 Å². The normalized spacial score (nSPS) is 16.3. The SMILES string of the molecule is CCC(C)C(=O)CC(=O)N1CCn2c(nnc2C(F)(F)F)C1. The minimum Gasteiger partial charge on any atom is -0.333 e. The van der Waals surface area contributed by atoms with Gasteiger partial charge in [-0.1, -0.05) is 13.8 Å². The Labute approximate surface area is 125 Å². The summed E-state index contributed by atoms with van der Waals surface area (Å²) in [4.78, 5) is 25.2. The Hall–Kier alpha value is -1.93. The molecule has 2 rings (SSSR count). The molecule has 0 fully saturated rings. The van der Waals surface area contributed by atoms with E-state index < -0.39 is 12.0 Å². The smallest absolute Gasteiger partial charge is 0.333 e. The van der Waals surface area contributed by atoms with E-state index in [2.05, 4.69) is 10.2 Å². The first kappa shape index (κ1) is 16.4. The fourth-order valence-electron chi connectivity index (χ4n) is 2.24. The van der Waals surface area contributed by atoms with E-state index >= 15 is 0 Å². The molecule has 1 aliphatic heterocycles. The summed E-state index contributed by atoms with van der Waals surface area (Å²) < 4.78 is 39.1. The molecule has 6 nitrogen and oxygen atoms in total. The third-order valence-corrected chi connectivity index (χ3v) is 3.85. The van der Waals surface area contributed by atoms with Crippen LogP contribution < -0.4 is 0 Å². The van der Waals surface area contributed by atoms with Crippen LogP contribution in [0.4, 0.5) is 13.2 Å². The number of halogens is 3. The fourth-order valence-corrected chi connectivity index (χ4v) is 2.24. The van der Waals surface area contributed by atoms with Crippen molar-refractivity contribution in [1.29, 1.82) is 0 Å². The van der Waals surface area contributed by atoms with Crippen molar-refractivity contribution < 1.29 is 22.8 Å². The molecule has 9 heteroatoms. The van der Waals surface area contributed by atoms with Gasteiger partial charge in [-0.3, -0.25) is 9.59 Å². The Balaban J connectivity index is 2.05. The van der Waals surface area contributed by atoms with Crippen LogP contribution >= 0.6 is 0 Å². The first-order valence-corrected chi connectivity index (χ1v) is 7.03. The minimum atomic E-state index is -4.57. The van der Waals surface area contributed by atoms with Crippen LogP contribution in [0.25, 0.3) is 0 Å². The van der Waals surface area contributed by atoms with Crippen molar-refractivity contribution >= 4 is 11.7 Å². The lowest BCUT2D eigenvalue weighted by molar-refractivity contribution is -0.148. The molecule has 1 aliphatic rings. The molecule has 0 spiro atoms. The number of alkyl halides is 3. The molecule has 1 atom stereocenters. The summed E-state index contributed by atoms with van der Waals surface area (Å²) in [5, 5.41) is 6.65. The second-order valence-corrected chi connectivity index (χ2v) is 5.36. The summed E-state index contributed by atoms with van der Waals surface area (Å²) in [6.07, 6.45) is -4.14. The van der Waals surface area contributed by atoms with Crippen molar-refractivity contribution in [3.63, 3.8) is 0 Å². The van der Waals surface area contributed by atoms with Crippen molar-refractivity contribution in [1.82, 2.24) is 19.7 Å². The average Bonchev–Trinajstić information content (AvgIpc) is 2.89. The Morgan fingerprint density at radius 1 is 1.27 bits per heavy atom. The van der Waals surface area contributed by atoms with Gasteiger partial charge in [-0.25, -0.2) is 0 Å². The van der Waals surface area contributed by atoms with E-state index in [0.717, 1.165) is 4.57 Å². The highest BCUT2D eigenvalue weighted by Crippen LogP contribution is 2.29. The number of amides is 1. The highest BCUT2D eigenvalue weighted by molar-refractivity contribution is 5.98. The molecule has 0 saturated heterocycles. The van der Waals surface area contributed by atoms with Crippen LogP contribution in [0.15, 0.2) is 0 Å². The average molecular weight is 318 g/mol. The second-order valence-electron chi connectivity index (χ2n) is 5.36. The molecule has 1 amide bonds. The molecule has 0 radical (unpaired) electrons. The summed E-state index contributed by atoms with van der Waals surface area (Å²) in [6, 6.07) is 0. The standard InChI is InChI=1S/C13H17F3N4O2/c1-3-8(2)9(21)6-11(22)19-4-5-20-10(7-19)17-18-12(20)13(14,15)16/h8H,3-7H2,1-2H3. The molecule has 1 unspecified atom stereocenters. The Morgan fingerprint density at radius 2 is 1.95 bits per heavy atom. The Kier molecular flexibility index (Phi) is 4.52. The maximum Gasteiger partial charge on any atom is 0.451 e. The van der Waals surface area contributed by atoms with Gasteiger partial charge in [-0.2, -0.15) is 13.2 Å². The molecule has 0 saturated carbocycles. The third kappa shape index (κ3) is 3.28. The monoisotopic (exact) mass is 318 g/mol. The fraction of sp³-hybridized carbons (Fsp3) is 0.692. The molecule has 1 aromatic heterocycles. The lowest BCUT2D eigenvalue weighted by atomic mass is 10.0. The molecular formula is C13H17F3N4O2. The van der Waals surface area contributed by atoms with Crippen LogP contribution in [0.2, 0.25) is 0 Å². The van der Waals surface area contributed by atoms with Gasteiger partial charge in [-0.15, -0.1) is 10.2 Å². The number of fused-ring (bicyclic) bond motifs is 1. The summed E-state index contributed by atoms with van der Waals surface area (Å²) >= 11 is 0. The highest BCUT2D eigenvalue weighted by atomic mass is 19.4. The number of aromatic nitrogens is 3. The number of carbonyl (C=O) groups excluding carboxylic acids is 2. The van der Waals surface area contributed by atoms with Crippen molar-refractivity contribution in [2.45, 2.75) is 46.0 Å². The zero-order valence-electron chi connectivity index (χ0n) is 12.4. The zero-order chi connectivity index (χ0) is 16.5. The number of nitrogens with zero attached hydrogens (tertiary/aromatic N) is 4. The highest BCUT2D eigenvalue weighted by Gasteiger charge is 2.40. The minimum absolute atomic E-state index is 0.0273. The van der Waals surface area contributed by atoms with Crippen LogP contribution in [-0.2, 0) is 28.9 Å². The van der Waals surface area contributed by atoms with Crippen molar-refractivity contribution in [3.8, 4) is 0 Å². The molecule has 22 heavy (non-hydrogen) atoms. The predicted molar refractivity (Wildman–Crippen MR) is 69.5 cm³/mol. The van der Waals surface area contributed by atoms with Crippen LogP contribution in [0.5, 0.6) is 0 Å². The van der Waals surface area contributed by atoms with Crippen molar-refractivity contribution in [2.24, 2.45) is 5.92 Å². The van der Waals surface area contributed by atoms with Gasteiger partial charge in [0.1, 0.15) is 5.78 Å². The van der Waals surface area contributed by atoms with Crippen LogP contribution in [0.3, 0.4) is 0 Å². The topological polar surface area (TPSA) is 68.1 Å². The molecule has 2 heterocycles. The number of ketones is 1. The molecule has 122 valence electrons. The molecule has 1 aromatic rings. The van der Waals surface area contributed by atoms with E-state index in [-0.39, 0.29) is 49.5 Å². The van der Waals surface area contributed by atoms with E-state index in [1.54, 1.807) is 6.92 Å². The van der Waals surface area contributed by atoms with Crippen LogP contribution in [0.1, 0.15) is 38.3 Å². The third-order valence-electron chi connectivity index (χ3n) is 3.85. The van der Waals surface area contributed by atoms with E-state index in [4.69, 9.17) is 0 Å². The molecule has 0 bridgehead atoms. The summed E-state index contributed by atoms with van der Waals surface area (Å²) in [5.41, 5.74) is 0. The summed E-state index contributed by atoms with van der Waals surface area (Å²) in [7, 11) is 0. The molecule has 0 aliphatic carbocycles. The first-order valence-electron chi connectivity index (χ1n) is 7.03.